The molecule has 3 N–H and O–H groups in total. The van der Waals surface area contributed by atoms with Crippen LogP contribution in [0, 0.1) is 5.82 Å². The molecule has 0 amide bonds. The highest BCUT2D eigenvalue weighted by atomic mass is 35.5. The van der Waals surface area contributed by atoms with Crippen LogP contribution in [-0.4, -0.2) is 43.9 Å². The molecule has 1 aromatic rings. The lowest BCUT2D eigenvalue weighted by molar-refractivity contribution is 0.258. The summed E-state index contributed by atoms with van der Waals surface area (Å²) in [6.45, 7) is 4.47. The van der Waals surface area contributed by atoms with E-state index >= 15 is 0 Å². The highest BCUT2D eigenvalue weighted by molar-refractivity contribution is 6.36. The van der Waals surface area contributed by atoms with E-state index in [2.05, 4.69) is 10.2 Å². The van der Waals surface area contributed by atoms with Crippen LogP contribution in [0.2, 0.25) is 5.02 Å². The van der Waals surface area contributed by atoms with E-state index in [9.17, 15) is 4.39 Å². The van der Waals surface area contributed by atoms with Crippen LogP contribution in [0.3, 0.4) is 0 Å². The molecular formula is C15H21ClFN5. The molecule has 2 fully saturated rings. The van der Waals surface area contributed by atoms with Crippen LogP contribution < -0.4 is 21.0 Å². The lowest BCUT2D eigenvalue weighted by atomic mass is 10.1. The number of rotatable bonds is 2. The van der Waals surface area contributed by atoms with Crippen molar-refractivity contribution in [1.29, 1.82) is 0 Å². The average molecular weight is 326 g/mol. The zero-order valence-corrected chi connectivity index (χ0v) is 13.2. The van der Waals surface area contributed by atoms with Crippen molar-refractivity contribution in [2.24, 2.45) is 5.84 Å². The predicted octanol–water partition coefficient (Wildman–Crippen LogP) is 1.50. The highest BCUT2D eigenvalue weighted by Crippen LogP contribution is 2.45. The molecule has 120 valence electrons. The van der Waals surface area contributed by atoms with Gasteiger partial charge >= 0.3 is 0 Å². The molecule has 1 aromatic carbocycles. The van der Waals surface area contributed by atoms with E-state index < -0.39 is 0 Å². The topological polar surface area (TPSA) is 47.8 Å². The number of halogens is 2. The fourth-order valence-corrected chi connectivity index (χ4v) is 3.92. The van der Waals surface area contributed by atoms with E-state index in [0.717, 1.165) is 50.3 Å². The van der Waals surface area contributed by atoms with Crippen LogP contribution in [0.5, 0.6) is 0 Å². The van der Waals surface area contributed by atoms with Crippen LogP contribution in [0.25, 0.3) is 0 Å². The number of fused-ring (bicyclic) bond motifs is 1. The number of piperazine rings is 1. The van der Waals surface area contributed by atoms with Crippen LogP contribution in [-0.2, 0) is 6.54 Å². The van der Waals surface area contributed by atoms with Gasteiger partial charge in [0.2, 0.25) is 0 Å². The van der Waals surface area contributed by atoms with Crippen molar-refractivity contribution < 1.29 is 4.39 Å². The van der Waals surface area contributed by atoms with Gasteiger partial charge in [-0.15, -0.1) is 0 Å². The van der Waals surface area contributed by atoms with Crippen molar-refractivity contribution in [1.82, 2.24) is 10.3 Å². The quantitative estimate of drug-likeness (QED) is 0.807. The van der Waals surface area contributed by atoms with Gasteiger partial charge < -0.3 is 15.1 Å². The molecule has 1 saturated carbocycles. The van der Waals surface area contributed by atoms with Gasteiger partial charge in [0, 0.05) is 38.8 Å². The average Bonchev–Trinajstić information content (AvgIpc) is 3.31. The maximum Gasteiger partial charge on any atom is 0.148 e. The predicted molar refractivity (Wildman–Crippen MR) is 86.6 cm³/mol. The highest BCUT2D eigenvalue weighted by Gasteiger charge is 2.37. The number of nitrogens with zero attached hydrogens (tertiary/aromatic N) is 3. The SMILES string of the molecule is NN1Cc2cc(F)c(N3CCNCC3)c(Cl)c2N(C2CC2)C1. The zero-order valence-electron chi connectivity index (χ0n) is 12.5. The monoisotopic (exact) mass is 325 g/mol. The Morgan fingerprint density at radius 1 is 1.23 bits per heavy atom. The molecule has 0 atom stereocenters. The van der Waals surface area contributed by atoms with E-state index in [1.807, 2.05) is 4.90 Å². The first kappa shape index (κ1) is 14.5. The standard InChI is InChI=1S/C15H21ClFN5/c16-13-14-10(8-21(18)9-22(14)11-1-2-11)7-12(17)15(13)20-5-3-19-4-6-20/h7,11,19H,1-6,8-9,18H2. The minimum Gasteiger partial charge on any atom is -0.365 e. The molecule has 0 aromatic heterocycles. The molecule has 3 aliphatic rings. The van der Waals surface area contributed by atoms with Crippen LogP contribution in [0.1, 0.15) is 18.4 Å². The Bertz CT molecular complexity index is 586. The van der Waals surface area contributed by atoms with E-state index in [0.29, 0.717) is 30.0 Å². The molecule has 2 aliphatic heterocycles. The molecule has 5 nitrogen and oxygen atoms in total. The Hall–Kier alpha value is -1.08. The largest absolute Gasteiger partial charge is 0.365 e. The summed E-state index contributed by atoms with van der Waals surface area (Å²) in [5, 5.41) is 5.56. The van der Waals surface area contributed by atoms with Crippen molar-refractivity contribution in [3.05, 3.63) is 22.5 Å². The number of anilines is 2. The fraction of sp³-hybridized carbons (Fsp3) is 0.600. The summed E-state index contributed by atoms with van der Waals surface area (Å²) in [5.41, 5.74) is 2.43. The Morgan fingerprint density at radius 2 is 1.95 bits per heavy atom. The van der Waals surface area contributed by atoms with Crippen molar-refractivity contribution in [3.63, 3.8) is 0 Å². The second-order valence-electron chi connectivity index (χ2n) is 6.36. The third-order valence-corrected chi connectivity index (χ3v) is 5.02. The maximum absolute atomic E-state index is 14.7. The number of hydrogen-bond acceptors (Lipinski definition) is 5. The normalized spacial score (nSPS) is 22.9. The second-order valence-corrected chi connectivity index (χ2v) is 6.73. The summed E-state index contributed by atoms with van der Waals surface area (Å²) in [6, 6.07) is 2.11. The third kappa shape index (κ3) is 2.44. The van der Waals surface area contributed by atoms with E-state index in [1.165, 1.54) is 0 Å². The zero-order chi connectivity index (χ0) is 15.3. The number of nitrogens with one attached hydrogen (secondary N) is 1. The van der Waals surface area contributed by atoms with Gasteiger partial charge in [-0.05, 0) is 24.5 Å². The first-order valence-electron chi connectivity index (χ1n) is 7.88. The van der Waals surface area contributed by atoms with Crippen LogP contribution in [0.15, 0.2) is 6.07 Å². The van der Waals surface area contributed by atoms with Gasteiger partial charge in [0.05, 0.1) is 23.1 Å². The summed E-state index contributed by atoms with van der Waals surface area (Å²) < 4.78 is 14.7. The number of hydrazine groups is 1. The van der Waals surface area contributed by atoms with Gasteiger partial charge in [-0.2, -0.15) is 0 Å². The molecule has 1 saturated heterocycles. The van der Waals surface area contributed by atoms with Crippen molar-refractivity contribution in [3.8, 4) is 0 Å². The maximum atomic E-state index is 14.7. The van der Waals surface area contributed by atoms with Crippen LogP contribution in [0.4, 0.5) is 15.8 Å². The Morgan fingerprint density at radius 3 is 2.64 bits per heavy atom. The Labute approximate surface area is 134 Å². The van der Waals surface area contributed by atoms with Gasteiger partial charge in [0.1, 0.15) is 5.82 Å². The third-order valence-electron chi connectivity index (χ3n) is 4.66. The molecule has 0 bridgehead atoms. The second kappa shape index (κ2) is 5.53. The van der Waals surface area contributed by atoms with Crippen molar-refractivity contribution in [2.45, 2.75) is 25.4 Å². The van der Waals surface area contributed by atoms with Gasteiger partial charge in [-0.25, -0.2) is 9.40 Å². The first-order valence-corrected chi connectivity index (χ1v) is 8.26. The van der Waals surface area contributed by atoms with E-state index in [-0.39, 0.29) is 5.82 Å². The van der Waals surface area contributed by atoms with Gasteiger partial charge in [-0.3, -0.25) is 5.84 Å². The molecule has 4 rings (SSSR count). The summed E-state index contributed by atoms with van der Waals surface area (Å²) in [4.78, 5) is 4.29. The number of benzene rings is 1. The van der Waals surface area contributed by atoms with Gasteiger partial charge in [-0.1, -0.05) is 11.6 Å². The van der Waals surface area contributed by atoms with Gasteiger partial charge in [0.15, 0.2) is 0 Å². The summed E-state index contributed by atoms with van der Waals surface area (Å²) in [6.07, 6.45) is 2.31. The van der Waals surface area contributed by atoms with Crippen LogP contribution >= 0.6 is 11.6 Å². The summed E-state index contributed by atoms with van der Waals surface area (Å²) >= 11 is 6.68. The van der Waals surface area contributed by atoms with E-state index in [4.69, 9.17) is 17.4 Å². The lowest BCUT2D eigenvalue weighted by Gasteiger charge is -2.39. The fourth-order valence-electron chi connectivity index (χ4n) is 3.48. The first-order chi connectivity index (χ1) is 10.6. The molecule has 2 heterocycles. The van der Waals surface area contributed by atoms with Gasteiger partial charge in [0.25, 0.3) is 0 Å². The van der Waals surface area contributed by atoms with E-state index in [1.54, 1.807) is 11.1 Å². The Balaban J connectivity index is 1.79. The smallest absolute Gasteiger partial charge is 0.148 e. The molecule has 7 heteroatoms. The Kier molecular flexibility index (Phi) is 3.64. The molecular weight excluding hydrogens is 305 g/mol. The summed E-state index contributed by atoms with van der Waals surface area (Å²) in [5.74, 6) is 5.75. The minimum atomic E-state index is -0.239. The summed E-state index contributed by atoms with van der Waals surface area (Å²) in [7, 11) is 0. The van der Waals surface area contributed by atoms with Crippen molar-refractivity contribution in [2.75, 3.05) is 42.6 Å². The lowest BCUT2D eigenvalue weighted by Crippen LogP contribution is -2.48. The molecule has 0 spiro atoms. The van der Waals surface area contributed by atoms with Crippen molar-refractivity contribution >= 4 is 23.0 Å². The minimum absolute atomic E-state index is 0.239. The molecule has 0 radical (unpaired) electrons. The molecule has 1 aliphatic carbocycles. The number of hydrogen-bond donors (Lipinski definition) is 2. The molecule has 0 unspecified atom stereocenters. The molecule has 22 heavy (non-hydrogen) atoms. The number of nitrogens with two attached hydrogens (primary N) is 1.